The maximum Gasteiger partial charge on any atom is 0.311 e. The average Bonchev–Trinajstić information content (AvgIpc) is 2.73. The van der Waals surface area contributed by atoms with Crippen molar-refractivity contribution in [3.05, 3.63) is 50.4 Å². The molecule has 2 heterocycles. The summed E-state index contributed by atoms with van der Waals surface area (Å²) < 4.78 is 2.57. The Morgan fingerprint density at radius 2 is 2.04 bits per heavy atom. The Bertz CT molecular complexity index is 935. The number of hydrogen-bond donors (Lipinski definition) is 1. The van der Waals surface area contributed by atoms with Crippen molar-refractivity contribution in [2.45, 2.75) is 13.8 Å². The molecule has 0 unspecified atom stereocenters. The monoisotopic (exact) mass is 375 g/mol. The third-order valence-corrected chi connectivity index (χ3v) is 4.26. The molecule has 3 rings (SSSR count). The topological polar surface area (TPSA) is 85.9 Å². The second-order valence-electron chi connectivity index (χ2n) is 5.23. The predicted octanol–water partition coefficient (Wildman–Crippen LogP) is 4.00. The lowest BCUT2D eigenvalue weighted by molar-refractivity contribution is -0.384. The van der Waals surface area contributed by atoms with Crippen molar-refractivity contribution >= 4 is 43.9 Å². The van der Waals surface area contributed by atoms with Crippen LogP contribution in [0.5, 0.6) is 0 Å². The Balaban J connectivity index is 2.27. The van der Waals surface area contributed by atoms with Crippen molar-refractivity contribution in [3.8, 4) is 0 Å². The first-order valence-electron chi connectivity index (χ1n) is 6.88. The van der Waals surface area contributed by atoms with Crippen LogP contribution in [0.2, 0.25) is 0 Å². The van der Waals surface area contributed by atoms with E-state index < -0.39 is 4.92 Å². The zero-order chi connectivity index (χ0) is 16.7. The van der Waals surface area contributed by atoms with E-state index in [0.29, 0.717) is 16.6 Å². The second kappa shape index (κ2) is 5.62. The van der Waals surface area contributed by atoms with Gasteiger partial charge in [-0.2, -0.15) is 5.10 Å². The van der Waals surface area contributed by atoms with Gasteiger partial charge in [-0.3, -0.25) is 14.8 Å². The zero-order valence-corrected chi connectivity index (χ0v) is 14.4. The summed E-state index contributed by atoms with van der Waals surface area (Å²) in [5, 5.41) is 19.6. The van der Waals surface area contributed by atoms with E-state index in [2.05, 4.69) is 31.3 Å². The molecule has 0 fully saturated rings. The Hall–Kier alpha value is -2.48. The fraction of sp³-hybridized carbons (Fsp3) is 0.200. The number of fused-ring (bicyclic) bond motifs is 1. The maximum absolute atomic E-state index is 11.4. The summed E-state index contributed by atoms with van der Waals surface area (Å²) in [5.74, 6) is 0. The predicted molar refractivity (Wildman–Crippen MR) is 92.1 cm³/mol. The van der Waals surface area contributed by atoms with Crippen molar-refractivity contribution in [1.82, 2.24) is 14.8 Å². The molecule has 0 aliphatic heterocycles. The highest BCUT2D eigenvalue weighted by atomic mass is 79.9. The number of anilines is 2. The van der Waals surface area contributed by atoms with Crippen molar-refractivity contribution in [2.24, 2.45) is 7.05 Å². The van der Waals surface area contributed by atoms with E-state index in [-0.39, 0.29) is 5.69 Å². The molecule has 0 aliphatic rings. The van der Waals surface area contributed by atoms with Crippen LogP contribution in [-0.4, -0.2) is 19.7 Å². The van der Waals surface area contributed by atoms with Crippen LogP contribution in [0, 0.1) is 24.0 Å². The highest BCUT2D eigenvalue weighted by Gasteiger charge is 2.21. The summed E-state index contributed by atoms with van der Waals surface area (Å²) in [4.78, 5) is 15.1. The molecule has 0 saturated heterocycles. The molecule has 1 N–H and O–H groups in total. The van der Waals surface area contributed by atoms with Gasteiger partial charge in [-0.05, 0) is 32.0 Å². The fourth-order valence-corrected chi connectivity index (χ4v) is 2.86. The van der Waals surface area contributed by atoms with Crippen LogP contribution >= 0.6 is 15.9 Å². The van der Waals surface area contributed by atoms with Crippen LogP contribution in [0.4, 0.5) is 17.1 Å². The zero-order valence-electron chi connectivity index (χ0n) is 12.8. The molecule has 0 spiro atoms. The number of hydrogen-bond acceptors (Lipinski definition) is 5. The van der Waals surface area contributed by atoms with Crippen molar-refractivity contribution in [2.75, 3.05) is 5.32 Å². The molecular formula is C15H14BrN5O2. The maximum atomic E-state index is 11.4. The Morgan fingerprint density at radius 3 is 2.65 bits per heavy atom. The van der Waals surface area contributed by atoms with Gasteiger partial charge in [0.2, 0.25) is 0 Å². The summed E-state index contributed by atoms with van der Waals surface area (Å²) in [6.45, 7) is 3.77. The molecule has 1 aromatic carbocycles. The molecule has 0 saturated carbocycles. The van der Waals surface area contributed by atoms with Gasteiger partial charge in [0.25, 0.3) is 0 Å². The lowest BCUT2D eigenvalue weighted by Crippen LogP contribution is -2.01. The number of nitrogens with one attached hydrogen (secondary N) is 1. The molecule has 0 amide bonds. The minimum absolute atomic E-state index is 0.0711. The van der Waals surface area contributed by atoms with Crippen LogP contribution in [0.1, 0.15) is 11.4 Å². The molecule has 3 aromatic rings. The fourth-order valence-electron chi connectivity index (χ4n) is 2.50. The lowest BCUT2D eigenvalue weighted by atomic mass is 10.1. The number of nitrogens with zero attached hydrogens (tertiary/aromatic N) is 4. The van der Waals surface area contributed by atoms with Gasteiger partial charge >= 0.3 is 5.69 Å². The number of aryl methyl sites for hydroxylation is 2. The third-order valence-electron chi connectivity index (χ3n) is 3.77. The van der Waals surface area contributed by atoms with Crippen molar-refractivity contribution in [3.63, 3.8) is 0 Å². The van der Waals surface area contributed by atoms with Gasteiger partial charge in [0.1, 0.15) is 11.9 Å². The van der Waals surface area contributed by atoms with Crippen LogP contribution < -0.4 is 5.32 Å². The Morgan fingerprint density at radius 1 is 1.30 bits per heavy atom. The van der Waals surface area contributed by atoms with Gasteiger partial charge < -0.3 is 5.32 Å². The quantitative estimate of drug-likeness (QED) is 0.552. The number of benzene rings is 1. The summed E-state index contributed by atoms with van der Waals surface area (Å²) in [7, 11) is 1.84. The average molecular weight is 376 g/mol. The molecule has 118 valence electrons. The first-order valence-corrected chi connectivity index (χ1v) is 7.67. The van der Waals surface area contributed by atoms with E-state index in [1.807, 2.05) is 39.1 Å². The summed E-state index contributed by atoms with van der Waals surface area (Å²) in [5.41, 5.74) is 3.47. The first-order chi connectivity index (χ1) is 10.9. The standard InChI is InChI=1S/C15H14BrN5O2/c1-8-14(9(2)20(3)19-8)18-15-11-6-10(16)4-5-12(11)17-7-13(15)21(22)23/h4-7H,1-3H3,(H,17,18). The summed E-state index contributed by atoms with van der Waals surface area (Å²) in [6, 6.07) is 5.49. The van der Waals surface area contributed by atoms with Gasteiger partial charge in [0.15, 0.2) is 0 Å². The van der Waals surface area contributed by atoms with Crippen LogP contribution in [0.15, 0.2) is 28.9 Å². The lowest BCUT2D eigenvalue weighted by Gasteiger charge is -2.11. The van der Waals surface area contributed by atoms with E-state index in [1.54, 1.807) is 4.68 Å². The van der Waals surface area contributed by atoms with Gasteiger partial charge in [-0.15, -0.1) is 0 Å². The largest absolute Gasteiger partial charge is 0.346 e. The molecule has 7 nitrogen and oxygen atoms in total. The molecule has 23 heavy (non-hydrogen) atoms. The molecule has 0 bridgehead atoms. The smallest absolute Gasteiger partial charge is 0.311 e. The summed E-state index contributed by atoms with van der Waals surface area (Å²) >= 11 is 3.40. The molecule has 2 aromatic heterocycles. The molecule has 0 atom stereocenters. The normalized spacial score (nSPS) is 11.0. The number of rotatable bonds is 3. The molecular weight excluding hydrogens is 362 g/mol. The van der Waals surface area contributed by atoms with Crippen LogP contribution in [0.3, 0.4) is 0 Å². The van der Waals surface area contributed by atoms with E-state index in [1.165, 1.54) is 6.20 Å². The molecule has 0 aliphatic carbocycles. The minimum atomic E-state index is -0.434. The molecule has 0 radical (unpaired) electrons. The Kier molecular flexibility index (Phi) is 3.77. The highest BCUT2D eigenvalue weighted by Crippen LogP contribution is 2.36. The van der Waals surface area contributed by atoms with E-state index in [0.717, 1.165) is 21.5 Å². The number of halogens is 1. The number of pyridine rings is 1. The third kappa shape index (κ3) is 2.65. The van der Waals surface area contributed by atoms with Crippen LogP contribution in [0.25, 0.3) is 10.9 Å². The highest BCUT2D eigenvalue weighted by molar-refractivity contribution is 9.10. The molecule has 8 heteroatoms. The number of nitro groups is 1. The van der Waals surface area contributed by atoms with E-state index >= 15 is 0 Å². The SMILES string of the molecule is Cc1nn(C)c(C)c1Nc1c([N+](=O)[O-])cnc2ccc(Br)cc12. The van der Waals surface area contributed by atoms with Gasteiger partial charge in [-0.25, -0.2) is 4.98 Å². The van der Waals surface area contributed by atoms with Crippen molar-refractivity contribution < 1.29 is 4.92 Å². The number of aromatic nitrogens is 3. The minimum Gasteiger partial charge on any atom is -0.346 e. The summed E-state index contributed by atoms with van der Waals surface area (Å²) in [6.07, 6.45) is 1.28. The van der Waals surface area contributed by atoms with Gasteiger partial charge in [0.05, 0.1) is 27.5 Å². The Labute approximate surface area is 140 Å². The van der Waals surface area contributed by atoms with Crippen molar-refractivity contribution in [1.29, 1.82) is 0 Å². The second-order valence-corrected chi connectivity index (χ2v) is 6.15. The van der Waals surface area contributed by atoms with Gasteiger partial charge in [-0.1, -0.05) is 15.9 Å². The van der Waals surface area contributed by atoms with Crippen LogP contribution in [-0.2, 0) is 7.05 Å². The first kappa shape index (κ1) is 15.4. The van der Waals surface area contributed by atoms with E-state index in [4.69, 9.17) is 0 Å². The van der Waals surface area contributed by atoms with Gasteiger partial charge in [0, 0.05) is 16.9 Å². The van der Waals surface area contributed by atoms with E-state index in [9.17, 15) is 10.1 Å².